The van der Waals surface area contributed by atoms with Crippen LogP contribution in [0.4, 0.5) is 5.69 Å². The van der Waals surface area contributed by atoms with Gasteiger partial charge >= 0.3 is 0 Å². The Labute approximate surface area is 313 Å². The smallest absolute Gasteiger partial charge is 0.0562 e. The Morgan fingerprint density at radius 1 is 0.698 bits per heavy atom. The molecule has 3 atom stereocenters. The Morgan fingerprint density at radius 3 is 2.26 bits per heavy atom. The first-order chi connectivity index (χ1) is 26.0. The van der Waals surface area contributed by atoms with Crippen molar-refractivity contribution in [2.45, 2.75) is 50.5 Å². The van der Waals surface area contributed by atoms with E-state index in [0.717, 1.165) is 19.3 Å². The van der Waals surface area contributed by atoms with Crippen molar-refractivity contribution < 1.29 is 0 Å². The van der Waals surface area contributed by atoms with Crippen molar-refractivity contribution in [3.05, 3.63) is 209 Å². The van der Waals surface area contributed by atoms with Crippen molar-refractivity contribution in [2.24, 2.45) is 5.92 Å². The third kappa shape index (κ3) is 5.31. The van der Waals surface area contributed by atoms with E-state index in [1.807, 2.05) is 0 Å². The van der Waals surface area contributed by atoms with Crippen LogP contribution in [0, 0.1) is 5.92 Å². The molecule has 0 saturated heterocycles. The Bertz CT molecular complexity index is 2500. The molecule has 2 heteroatoms. The predicted octanol–water partition coefficient (Wildman–Crippen LogP) is 12.5. The number of anilines is 1. The van der Waals surface area contributed by atoms with Gasteiger partial charge in [0.2, 0.25) is 0 Å². The molecule has 0 amide bonds. The monoisotopic (exact) mass is 684 g/mol. The van der Waals surface area contributed by atoms with E-state index in [9.17, 15) is 0 Å². The van der Waals surface area contributed by atoms with Crippen molar-refractivity contribution in [1.82, 2.24) is 4.57 Å². The van der Waals surface area contributed by atoms with E-state index in [2.05, 4.69) is 199 Å². The molecule has 1 heterocycles. The van der Waals surface area contributed by atoms with Crippen LogP contribution in [-0.2, 0) is 11.8 Å². The van der Waals surface area contributed by atoms with E-state index < -0.39 is 0 Å². The lowest BCUT2D eigenvalue weighted by Gasteiger charge is -2.40. The predicted molar refractivity (Wildman–Crippen MR) is 223 cm³/mol. The third-order valence-corrected chi connectivity index (χ3v) is 12.4. The SMILES string of the molecule is CC1(C)c2ccccc2C2=CC=C(N(c3ccc(C4C=Cc5c(c6ccccc6n5-c5ccccc5)C4)cc3)C3C=C(c4ccccc4)C=CC3)CC21. The van der Waals surface area contributed by atoms with Gasteiger partial charge in [-0.1, -0.05) is 147 Å². The molecule has 0 radical (unpaired) electrons. The van der Waals surface area contributed by atoms with E-state index in [0.29, 0.717) is 11.8 Å². The first kappa shape index (κ1) is 31.8. The summed E-state index contributed by atoms with van der Waals surface area (Å²) in [4.78, 5) is 2.64. The topological polar surface area (TPSA) is 8.17 Å². The number of aromatic nitrogens is 1. The maximum atomic E-state index is 2.64. The molecule has 5 aromatic carbocycles. The lowest BCUT2D eigenvalue weighted by Crippen LogP contribution is -2.37. The van der Waals surface area contributed by atoms with Crippen LogP contribution in [0.25, 0.3) is 33.8 Å². The molecule has 4 aliphatic carbocycles. The van der Waals surface area contributed by atoms with Gasteiger partial charge in [0.15, 0.2) is 0 Å². The van der Waals surface area contributed by atoms with Gasteiger partial charge in [-0.3, -0.25) is 0 Å². The zero-order valence-corrected chi connectivity index (χ0v) is 30.5. The van der Waals surface area contributed by atoms with Gasteiger partial charge in [0.05, 0.1) is 11.6 Å². The first-order valence-corrected chi connectivity index (χ1v) is 19.2. The van der Waals surface area contributed by atoms with Gasteiger partial charge in [-0.15, -0.1) is 0 Å². The lowest BCUT2D eigenvalue weighted by molar-refractivity contribution is 0.403. The zero-order chi connectivity index (χ0) is 35.5. The van der Waals surface area contributed by atoms with Gasteiger partial charge in [-0.25, -0.2) is 0 Å². The van der Waals surface area contributed by atoms with Crippen molar-refractivity contribution in [3.8, 4) is 5.69 Å². The summed E-state index contributed by atoms with van der Waals surface area (Å²) in [5.74, 6) is 0.761. The number of benzene rings is 5. The van der Waals surface area contributed by atoms with Gasteiger partial charge in [0.25, 0.3) is 0 Å². The van der Waals surface area contributed by atoms with Crippen LogP contribution in [0.2, 0.25) is 0 Å². The molecule has 1 aromatic heterocycles. The van der Waals surface area contributed by atoms with Gasteiger partial charge in [0.1, 0.15) is 0 Å². The molecule has 3 unspecified atom stereocenters. The summed E-state index contributed by atoms with van der Waals surface area (Å²) >= 11 is 0. The van der Waals surface area contributed by atoms with E-state index in [1.54, 1.807) is 0 Å². The molecule has 0 saturated carbocycles. The number of rotatable bonds is 6. The van der Waals surface area contributed by atoms with Crippen LogP contribution in [0.1, 0.15) is 66.1 Å². The Balaban J connectivity index is 1.01. The molecule has 4 aliphatic rings. The highest BCUT2D eigenvalue weighted by Crippen LogP contribution is 2.54. The van der Waals surface area contributed by atoms with Crippen LogP contribution in [0.5, 0.6) is 0 Å². The molecule has 2 nitrogen and oxygen atoms in total. The van der Waals surface area contributed by atoms with Crippen molar-refractivity contribution in [2.75, 3.05) is 4.90 Å². The summed E-state index contributed by atoms with van der Waals surface area (Å²) < 4.78 is 2.43. The quantitative estimate of drug-likeness (QED) is 0.170. The highest BCUT2D eigenvalue weighted by molar-refractivity contribution is 5.91. The molecular formula is C51H44N2. The van der Waals surface area contributed by atoms with E-state index in [-0.39, 0.29) is 11.5 Å². The Kier molecular flexibility index (Phi) is 7.61. The van der Waals surface area contributed by atoms with Gasteiger partial charge in [0, 0.05) is 34.1 Å². The largest absolute Gasteiger partial charge is 0.338 e. The van der Waals surface area contributed by atoms with Crippen molar-refractivity contribution in [1.29, 1.82) is 0 Å². The summed E-state index contributed by atoms with van der Waals surface area (Å²) in [6, 6.07) is 49.3. The second-order valence-corrected chi connectivity index (χ2v) is 15.7. The maximum absolute atomic E-state index is 2.64. The normalized spacial score (nSPS) is 20.9. The molecule has 53 heavy (non-hydrogen) atoms. The van der Waals surface area contributed by atoms with E-state index >= 15 is 0 Å². The van der Waals surface area contributed by atoms with Crippen LogP contribution in [-0.4, -0.2) is 10.6 Å². The number of allylic oxidation sites excluding steroid dienone is 7. The number of hydrogen-bond acceptors (Lipinski definition) is 1. The number of nitrogens with zero attached hydrogens (tertiary/aromatic N) is 2. The van der Waals surface area contributed by atoms with Crippen LogP contribution >= 0.6 is 0 Å². The molecule has 6 aromatic rings. The summed E-state index contributed by atoms with van der Waals surface area (Å²) in [6.07, 6.45) is 19.8. The Hall–Kier alpha value is -5.86. The molecule has 0 spiro atoms. The van der Waals surface area contributed by atoms with Crippen molar-refractivity contribution >= 4 is 33.8 Å². The van der Waals surface area contributed by atoms with Crippen LogP contribution < -0.4 is 4.90 Å². The second kappa shape index (κ2) is 12.7. The highest BCUT2D eigenvalue weighted by Gasteiger charge is 2.44. The summed E-state index contributed by atoms with van der Waals surface area (Å²) in [7, 11) is 0. The van der Waals surface area contributed by atoms with Crippen LogP contribution in [0.3, 0.4) is 0 Å². The maximum Gasteiger partial charge on any atom is 0.0562 e. The number of hydrogen-bond donors (Lipinski definition) is 0. The summed E-state index contributed by atoms with van der Waals surface area (Å²) in [5.41, 5.74) is 16.3. The first-order valence-electron chi connectivity index (χ1n) is 19.2. The highest BCUT2D eigenvalue weighted by atomic mass is 15.2. The van der Waals surface area contributed by atoms with Gasteiger partial charge < -0.3 is 9.47 Å². The fourth-order valence-corrected chi connectivity index (χ4v) is 9.69. The molecule has 258 valence electrons. The lowest BCUT2D eigenvalue weighted by atomic mass is 9.73. The summed E-state index contributed by atoms with van der Waals surface area (Å²) in [5, 5.41) is 1.35. The molecule has 0 bridgehead atoms. The molecule has 0 aliphatic heterocycles. The van der Waals surface area contributed by atoms with Gasteiger partial charge in [-0.05, 0) is 112 Å². The molecule has 0 N–H and O–H groups in total. The summed E-state index contributed by atoms with van der Waals surface area (Å²) in [6.45, 7) is 4.88. The average Bonchev–Trinajstić information content (AvgIpc) is 3.67. The minimum Gasteiger partial charge on any atom is -0.338 e. The third-order valence-electron chi connectivity index (χ3n) is 12.4. The fourth-order valence-electron chi connectivity index (χ4n) is 9.69. The average molecular weight is 685 g/mol. The van der Waals surface area contributed by atoms with Crippen LogP contribution in [0.15, 0.2) is 176 Å². The second-order valence-electron chi connectivity index (χ2n) is 15.7. The molecule has 10 rings (SSSR count). The van der Waals surface area contributed by atoms with E-state index in [1.165, 1.54) is 72.6 Å². The number of para-hydroxylation sites is 2. The Morgan fingerprint density at radius 2 is 1.43 bits per heavy atom. The minimum absolute atomic E-state index is 0.0742. The van der Waals surface area contributed by atoms with Gasteiger partial charge in [-0.2, -0.15) is 0 Å². The van der Waals surface area contributed by atoms with Crippen molar-refractivity contribution in [3.63, 3.8) is 0 Å². The molecular weight excluding hydrogens is 641 g/mol. The molecule has 0 fully saturated rings. The fraction of sp³-hybridized carbons (Fsp3) is 0.176. The zero-order valence-electron chi connectivity index (χ0n) is 30.5. The minimum atomic E-state index is 0.0742. The van der Waals surface area contributed by atoms with E-state index in [4.69, 9.17) is 0 Å². The number of fused-ring (bicyclic) bond motifs is 6. The standard InChI is InChI=1S/C51H44N2/c1-51(2)47-22-11-9-20-43(47)44-30-29-42(34-48(44)51)52(41-19-13-16-37(32-41)35-14-5-3-6-15-35)40-27-24-36(25-28-40)38-26-31-50-46(33-38)45-21-10-12-23-49(45)53(50)39-17-7-4-8-18-39/h3-18,20-32,38,41,48H,19,33-34H2,1-2H3.